The molecular formula is C10H13ClF6N2O. The van der Waals surface area contributed by atoms with Crippen LogP contribution in [0.1, 0.15) is 6.42 Å². The first-order chi connectivity index (χ1) is 8.58. The Morgan fingerprint density at radius 2 is 1.60 bits per heavy atom. The van der Waals surface area contributed by atoms with Crippen LogP contribution < -0.4 is 5.32 Å². The van der Waals surface area contributed by atoms with E-state index in [-0.39, 0.29) is 12.4 Å². The lowest BCUT2D eigenvalue weighted by molar-refractivity contribution is -0.334. The second-order valence-corrected chi connectivity index (χ2v) is 4.94. The molecule has 10 heteroatoms. The Hall–Kier alpha value is -0.700. The summed E-state index contributed by atoms with van der Waals surface area (Å²) in [6.07, 6.45) is -11.9. The number of hydrogen-bond acceptors (Lipinski definition) is 2. The zero-order chi connectivity index (χ0) is 14.5. The van der Waals surface area contributed by atoms with Crippen molar-refractivity contribution in [3.05, 3.63) is 0 Å². The van der Waals surface area contributed by atoms with E-state index in [0.717, 1.165) is 0 Å². The van der Waals surface area contributed by atoms with Gasteiger partial charge in [-0.2, -0.15) is 26.3 Å². The summed E-state index contributed by atoms with van der Waals surface area (Å²) in [5, 5.41) is 2.75. The predicted octanol–water partition coefficient (Wildman–Crippen LogP) is 1.97. The van der Waals surface area contributed by atoms with Crippen LogP contribution in [0.25, 0.3) is 0 Å². The quantitative estimate of drug-likeness (QED) is 0.747. The van der Waals surface area contributed by atoms with Crippen LogP contribution in [0.15, 0.2) is 0 Å². The van der Waals surface area contributed by atoms with Crippen molar-refractivity contribution in [3.8, 4) is 0 Å². The van der Waals surface area contributed by atoms with Crippen molar-refractivity contribution in [2.45, 2.75) is 18.8 Å². The predicted molar refractivity (Wildman–Crippen MR) is 59.3 cm³/mol. The minimum Gasteiger partial charge on any atom is -0.341 e. The molecule has 0 aromatic carbocycles. The highest BCUT2D eigenvalue weighted by atomic mass is 35.5. The summed E-state index contributed by atoms with van der Waals surface area (Å²) < 4.78 is 76.7. The minimum absolute atomic E-state index is 0. The molecule has 0 aromatic heterocycles. The third kappa shape index (κ3) is 2.57. The maximum atomic E-state index is 12.8. The number of likely N-dealkylation sites (tertiary alicyclic amines) is 1. The van der Waals surface area contributed by atoms with Crippen molar-refractivity contribution in [2.24, 2.45) is 11.3 Å². The minimum atomic E-state index is -5.40. The average Bonchev–Trinajstić information content (AvgIpc) is 2.57. The molecule has 0 unspecified atom stereocenters. The van der Waals surface area contributed by atoms with Gasteiger partial charge in [0.2, 0.25) is 5.91 Å². The molecule has 2 rings (SSSR count). The Labute approximate surface area is 117 Å². The zero-order valence-corrected chi connectivity index (χ0v) is 11.0. The molecule has 0 bridgehead atoms. The van der Waals surface area contributed by atoms with Crippen molar-refractivity contribution < 1.29 is 31.1 Å². The average molecular weight is 327 g/mol. The Kier molecular flexibility index (Phi) is 4.55. The largest absolute Gasteiger partial charge is 0.404 e. The molecule has 0 radical (unpaired) electrons. The van der Waals surface area contributed by atoms with Crippen molar-refractivity contribution in [2.75, 3.05) is 26.2 Å². The lowest BCUT2D eigenvalue weighted by atomic mass is 9.85. The summed E-state index contributed by atoms with van der Waals surface area (Å²) in [6.45, 7) is -1.22. The van der Waals surface area contributed by atoms with Gasteiger partial charge in [0.25, 0.3) is 0 Å². The Bertz CT molecular complexity index is 365. The number of halogens is 7. The van der Waals surface area contributed by atoms with Gasteiger partial charge in [-0.05, 0) is 6.42 Å². The third-order valence-corrected chi connectivity index (χ3v) is 3.80. The van der Waals surface area contributed by atoms with Gasteiger partial charge in [0.15, 0.2) is 5.41 Å². The number of alkyl halides is 6. The summed E-state index contributed by atoms with van der Waals surface area (Å²) in [5.41, 5.74) is -3.78. The van der Waals surface area contributed by atoms with E-state index < -0.39 is 49.1 Å². The molecule has 3 nitrogen and oxygen atoms in total. The number of carbonyl (C=O) groups is 1. The Morgan fingerprint density at radius 1 is 1.10 bits per heavy atom. The first-order valence-corrected chi connectivity index (χ1v) is 5.71. The Morgan fingerprint density at radius 3 is 1.90 bits per heavy atom. The molecule has 0 aliphatic carbocycles. The number of nitrogens with one attached hydrogen (secondary N) is 1. The fraction of sp³-hybridized carbons (Fsp3) is 0.900. The number of nitrogens with zero attached hydrogens (tertiary/aromatic N) is 1. The molecule has 2 heterocycles. The fourth-order valence-corrected chi connectivity index (χ4v) is 2.34. The number of hydrogen-bond donors (Lipinski definition) is 1. The molecule has 2 saturated heterocycles. The van der Waals surface area contributed by atoms with Crippen LogP contribution in [0.5, 0.6) is 0 Å². The highest BCUT2D eigenvalue weighted by molar-refractivity contribution is 5.85. The first kappa shape index (κ1) is 17.4. The smallest absolute Gasteiger partial charge is 0.341 e. The molecule has 118 valence electrons. The summed E-state index contributed by atoms with van der Waals surface area (Å²) >= 11 is 0. The van der Waals surface area contributed by atoms with Crippen molar-refractivity contribution >= 4 is 18.3 Å². The van der Waals surface area contributed by atoms with Crippen LogP contribution in [0.3, 0.4) is 0 Å². The van der Waals surface area contributed by atoms with Crippen LogP contribution in [0.4, 0.5) is 26.3 Å². The van der Waals surface area contributed by atoms with E-state index in [4.69, 9.17) is 0 Å². The molecule has 1 amide bonds. The SMILES string of the molecule is Cl.O=C(C1CNC1)N1CCC(C(F)(F)F)(C(F)(F)F)C1. The van der Waals surface area contributed by atoms with E-state index in [1.54, 1.807) is 0 Å². The highest BCUT2D eigenvalue weighted by Gasteiger charge is 2.73. The van der Waals surface area contributed by atoms with E-state index in [2.05, 4.69) is 5.32 Å². The molecule has 2 aliphatic heterocycles. The lowest BCUT2D eigenvalue weighted by Gasteiger charge is -2.35. The van der Waals surface area contributed by atoms with E-state index >= 15 is 0 Å². The number of rotatable bonds is 1. The van der Waals surface area contributed by atoms with E-state index in [1.807, 2.05) is 0 Å². The monoisotopic (exact) mass is 326 g/mol. The molecule has 1 N–H and O–H groups in total. The van der Waals surface area contributed by atoms with Gasteiger partial charge < -0.3 is 10.2 Å². The summed E-state index contributed by atoms with van der Waals surface area (Å²) in [7, 11) is 0. The van der Waals surface area contributed by atoms with Crippen molar-refractivity contribution in [1.82, 2.24) is 10.2 Å². The van der Waals surface area contributed by atoms with Crippen LogP contribution in [0.2, 0.25) is 0 Å². The molecule has 0 spiro atoms. The second-order valence-electron chi connectivity index (χ2n) is 4.94. The Balaban J connectivity index is 0.00000200. The molecule has 20 heavy (non-hydrogen) atoms. The first-order valence-electron chi connectivity index (χ1n) is 5.71. The van der Waals surface area contributed by atoms with E-state index in [1.165, 1.54) is 0 Å². The summed E-state index contributed by atoms with van der Waals surface area (Å²) in [4.78, 5) is 12.4. The van der Waals surface area contributed by atoms with Crippen molar-refractivity contribution in [1.29, 1.82) is 0 Å². The standard InChI is InChI=1S/C10H12F6N2O.ClH/c11-9(12,13)8(10(14,15)16)1-2-18(5-8)7(19)6-3-17-4-6;/h6,17H,1-5H2;1H. The van der Waals surface area contributed by atoms with Gasteiger partial charge in [0, 0.05) is 26.2 Å². The third-order valence-electron chi connectivity index (χ3n) is 3.80. The van der Waals surface area contributed by atoms with Gasteiger partial charge in [-0.1, -0.05) is 0 Å². The fourth-order valence-electron chi connectivity index (χ4n) is 2.34. The molecule has 2 aliphatic rings. The highest BCUT2D eigenvalue weighted by Crippen LogP contribution is 2.55. The second kappa shape index (κ2) is 5.25. The maximum absolute atomic E-state index is 12.8. The van der Waals surface area contributed by atoms with Gasteiger partial charge in [-0.3, -0.25) is 4.79 Å². The van der Waals surface area contributed by atoms with Crippen LogP contribution >= 0.6 is 12.4 Å². The van der Waals surface area contributed by atoms with Gasteiger partial charge in [0.1, 0.15) is 0 Å². The summed E-state index contributed by atoms with van der Waals surface area (Å²) in [5.74, 6) is -1.13. The number of carbonyl (C=O) groups excluding carboxylic acids is 1. The molecule has 2 fully saturated rings. The van der Waals surface area contributed by atoms with E-state index in [9.17, 15) is 31.1 Å². The topological polar surface area (TPSA) is 32.3 Å². The van der Waals surface area contributed by atoms with E-state index in [0.29, 0.717) is 18.0 Å². The van der Waals surface area contributed by atoms with Gasteiger partial charge in [-0.25, -0.2) is 0 Å². The molecule has 0 aromatic rings. The zero-order valence-electron chi connectivity index (χ0n) is 10.1. The van der Waals surface area contributed by atoms with Gasteiger partial charge >= 0.3 is 12.4 Å². The maximum Gasteiger partial charge on any atom is 0.404 e. The van der Waals surface area contributed by atoms with Crippen LogP contribution in [-0.4, -0.2) is 49.3 Å². The van der Waals surface area contributed by atoms with Crippen LogP contribution in [0, 0.1) is 11.3 Å². The number of amides is 1. The molecule has 0 atom stereocenters. The molecular weight excluding hydrogens is 314 g/mol. The van der Waals surface area contributed by atoms with Gasteiger partial charge in [0.05, 0.1) is 5.92 Å². The van der Waals surface area contributed by atoms with Crippen LogP contribution in [-0.2, 0) is 4.79 Å². The van der Waals surface area contributed by atoms with Gasteiger partial charge in [-0.15, -0.1) is 12.4 Å². The lowest BCUT2D eigenvalue weighted by Crippen LogP contribution is -2.55. The molecule has 0 saturated carbocycles. The normalized spacial score (nSPS) is 23.2. The summed E-state index contributed by atoms with van der Waals surface area (Å²) in [6, 6.07) is 0. The van der Waals surface area contributed by atoms with Crippen molar-refractivity contribution in [3.63, 3.8) is 0 Å².